The van der Waals surface area contributed by atoms with Gasteiger partial charge >= 0.3 is 0 Å². The van der Waals surface area contributed by atoms with Crippen molar-refractivity contribution in [2.75, 3.05) is 32.0 Å². The first-order valence-corrected chi connectivity index (χ1v) is 11.3. The summed E-state index contributed by atoms with van der Waals surface area (Å²) in [6, 6.07) is 8.79. The van der Waals surface area contributed by atoms with Gasteiger partial charge in [0.1, 0.15) is 0 Å². The van der Waals surface area contributed by atoms with E-state index in [9.17, 15) is 4.79 Å². The van der Waals surface area contributed by atoms with Gasteiger partial charge in [-0.2, -0.15) is 0 Å². The molecule has 3 nitrogen and oxygen atoms in total. The molecule has 0 bridgehead atoms. The number of ether oxygens (including phenoxy) is 1. The lowest BCUT2D eigenvalue weighted by atomic mass is 10.1. The standard InChI is InChI=1S/C21H32ClNO2S/c1-2-3-4-5-6-7-16-26-19-10-8-18(9-11-19)20-17-23(14-15-25-20)13-12-21(22)24/h8-11,20H,2-7,12-17H2,1H3. The molecule has 146 valence electrons. The molecule has 1 heterocycles. The maximum atomic E-state index is 11.0. The Balaban J connectivity index is 1.70. The molecule has 1 aromatic carbocycles. The molecule has 1 fully saturated rings. The maximum Gasteiger partial charge on any atom is 0.222 e. The van der Waals surface area contributed by atoms with Gasteiger partial charge < -0.3 is 4.74 Å². The number of carbonyl (C=O) groups excluding carboxylic acids is 1. The fourth-order valence-corrected chi connectivity index (χ4v) is 4.20. The molecule has 0 spiro atoms. The highest BCUT2D eigenvalue weighted by Crippen LogP contribution is 2.26. The largest absolute Gasteiger partial charge is 0.371 e. The quantitative estimate of drug-likeness (QED) is 0.258. The van der Waals surface area contributed by atoms with E-state index < -0.39 is 0 Å². The van der Waals surface area contributed by atoms with Crippen molar-refractivity contribution in [2.24, 2.45) is 0 Å². The monoisotopic (exact) mass is 397 g/mol. The number of thioether (sulfide) groups is 1. The molecule has 0 radical (unpaired) electrons. The van der Waals surface area contributed by atoms with Crippen LogP contribution in [0.1, 0.15) is 63.5 Å². The predicted octanol–water partition coefficient (Wildman–Crippen LogP) is 5.67. The van der Waals surface area contributed by atoms with E-state index in [1.807, 2.05) is 11.8 Å². The van der Waals surface area contributed by atoms with Gasteiger partial charge in [0.25, 0.3) is 0 Å². The number of nitrogens with zero attached hydrogens (tertiary/aromatic N) is 1. The third kappa shape index (κ3) is 8.43. The van der Waals surface area contributed by atoms with Crippen LogP contribution >= 0.6 is 23.4 Å². The van der Waals surface area contributed by atoms with E-state index in [1.165, 1.54) is 54.7 Å². The summed E-state index contributed by atoms with van der Waals surface area (Å²) >= 11 is 7.40. The van der Waals surface area contributed by atoms with Crippen molar-refractivity contribution in [3.8, 4) is 0 Å². The number of rotatable bonds is 12. The lowest BCUT2D eigenvalue weighted by molar-refractivity contribution is -0.112. The van der Waals surface area contributed by atoms with E-state index in [0.29, 0.717) is 19.6 Å². The molecule has 0 amide bonds. The Morgan fingerprint density at radius 1 is 1.19 bits per heavy atom. The molecule has 1 unspecified atom stereocenters. The Bertz CT molecular complexity index is 523. The van der Waals surface area contributed by atoms with Crippen LogP contribution in [-0.2, 0) is 9.53 Å². The zero-order valence-electron chi connectivity index (χ0n) is 15.9. The summed E-state index contributed by atoms with van der Waals surface area (Å²) in [5, 5.41) is -0.264. The molecular weight excluding hydrogens is 366 g/mol. The summed E-state index contributed by atoms with van der Waals surface area (Å²) < 4.78 is 5.92. The number of halogens is 1. The van der Waals surface area contributed by atoms with Crippen LogP contribution in [0.2, 0.25) is 0 Å². The van der Waals surface area contributed by atoms with Crippen LogP contribution in [0, 0.1) is 0 Å². The topological polar surface area (TPSA) is 29.5 Å². The fourth-order valence-electron chi connectivity index (χ4n) is 3.20. The second-order valence-corrected chi connectivity index (χ2v) is 8.54. The molecule has 26 heavy (non-hydrogen) atoms. The van der Waals surface area contributed by atoms with Crippen LogP contribution in [0.5, 0.6) is 0 Å². The first-order chi connectivity index (χ1) is 12.7. The summed E-state index contributed by atoms with van der Waals surface area (Å²) in [6.07, 6.45) is 8.59. The number of carbonyl (C=O) groups is 1. The highest BCUT2D eigenvalue weighted by molar-refractivity contribution is 7.99. The lowest BCUT2D eigenvalue weighted by Gasteiger charge is -2.32. The minimum atomic E-state index is -0.264. The minimum absolute atomic E-state index is 0.0896. The Morgan fingerprint density at radius 3 is 2.65 bits per heavy atom. The number of morpholine rings is 1. The molecule has 1 aliphatic rings. The molecule has 1 atom stereocenters. The Hall–Kier alpha value is -0.550. The Morgan fingerprint density at radius 2 is 1.92 bits per heavy atom. The van der Waals surface area contributed by atoms with Crippen molar-refractivity contribution in [3.05, 3.63) is 29.8 Å². The highest BCUT2D eigenvalue weighted by atomic mass is 35.5. The summed E-state index contributed by atoms with van der Waals surface area (Å²) in [4.78, 5) is 14.5. The van der Waals surface area contributed by atoms with Gasteiger partial charge in [-0.25, -0.2) is 0 Å². The molecular formula is C21H32ClNO2S. The van der Waals surface area contributed by atoms with Crippen molar-refractivity contribution in [3.63, 3.8) is 0 Å². The Labute approximate surface area is 167 Å². The van der Waals surface area contributed by atoms with Gasteiger partial charge in [-0.05, 0) is 41.5 Å². The molecule has 2 rings (SSSR count). The second-order valence-electron chi connectivity index (χ2n) is 6.95. The van der Waals surface area contributed by atoms with E-state index >= 15 is 0 Å². The maximum absolute atomic E-state index is 11.0. The van der Waals surface area contributed by atoms with E-state index in [2.05, 4.69) is 36.1 Å². The van der Waals surface area contributed by atoms with E-state index in [-0.39, 0.29) is 11.3 Å². The summed E-state index contributed by atoms with van der Waals surface area (Å²) in [6.45, 7) is 5.38. The van der Waals surface area contributed by atoms with Crippen LogP contribution in [0.15, 0.2) is 29.2 Å². The minimum Gasteiger partial charge on any atom is -0.371 e. The molecule has 5 heteroatoms. The van der Waals surface area contributed by atoms with Gasteiger partial charge in [0.15, 0.2) is 0 Å². The Kier molecular flexibility index (Phi) is 10.7. The van der Waals surface area contributed by atoms with E-state index in [0.717, 1.165) is 13.1 Å². The predicted molar refractivity (Wildman–Crippen MR) is 111 cm³/mol. The van der Waals surface area contributed by atoms with Gasteiger partial charge in [-0.3, -0.25) is 9.69 Å². The summed E-state index contributed by atoms with van der Waals surface area (Å²) in [5.41, 5.74) is 1.22. The molecule has 0 saturated carbocycles. The van der Waals surface area contributed by atoms with E-state index in [1.54, 1.807) is 0 Å². The van der Waals surface area contributed by atoms with Crippen molar-refractivity contribution >= 4 is 28.6 Å². The van der Waals surface area contributed by atoms with Crippen LogP contribution in [0.3, 0.4) is 0 Å². The summed E-state index contributed by atoms with van der Waals surface area (Å²) in [7, 11) is 0. The molecule has 1 saturated heterocycles. The average molecular weight is 398 g/mol. The van der Waals surface area contributed by atoms with Crippen LogP contribution in [-0.4, -0.2) is 42.1 Å². The smallest absolute Gasteiger partial charge is 0.222 e. The molecule has 1 aliphatic heterocycles. The SMILES string of the molecule is CCCCCCCCSc1ccc(C2CN(CCC(=O)Cl)CCO2)cc1. The number of hydrogen-bond acceptors (Lipinski definition) is 4. The van der Waals surface area contributed by atoms with Gasteiger partial charge in [-0.15, -0.1) is 11.8 Å². The van der Waals surface area contributed by atoms with Crippen LogP contribution < -0.4 is 0 Å². The van der Waals surface area contributed by atoms with Gasteiger partial charge in [0.2, 0.25) is 5.24 Å². The second kappa shape index (κ2) is 12.8. The van der Waals surface area contributed by atoms with Crippen LogP contribution in [0.4, 0.5) is 0 Å². The fraction of sp³-hybridized carbons (Fsp3) is 0.667. The molecule has 0 aromatic heterocycles. The third-order valence-corrected chi connectivity index (χ3v) is 6.08. The van der Waals surface area contributed by atoms with Crippen LogP contribution in [0.25, 0.3) is 0 Å². The van der Waals surface area contributed by atoms with E-state index in [4.69, 9.17) is 16.3 Å². The first-order valence-electron chi connectivity index (χ1n) is 9.94. The molecule has 1 aromatic rings. The highest BCUT2D eigenvalue weighted by Gasteiger charge is 2.22. The lowest BCUT2D eigenvalue weighted by Crippen LogP contribution is -2.39. The first kappa shape index (κ1) is 21.7. The summed E-state index contributed by atoms with van der Waals surface area (Å²) in [5.74, 6) is 1.20. The van der Waals surface area contributed by atoms with Gasteiger partial charge in [0, 0.05) is 31.0 Å². The molecule has 0 N–H and O–H groups in total. The number of hydrogen-bond donors (Lipinski definition) is 0. The zero-order chi connectivity index (χ0) is 18.6. The van der Waals surface area contributed by atoms with Crippen molar-refractivity contribution in [1.82, 2.24) is 4.90 Å². The van der Waals surface area contributed by atoms with Crippen molar-refractivity contribution < 1.29 is 9.53 Å². The average Bonchev–Trinajstić information content (AvgIpc) is 2.66. The van der Waals surface area contributed by atoms with Crippen molar-refractivity contribution in [1.29, 1.82) is 0 Å². The van der Waals surface area contributed by atoms with Crippen molar-refractivity contribution in [2.45, 2.75) is 62.9 Å². The number of unbranched alkanes of at least 4 members (excludes halogenated alkanes) is 5. The zero-order valence-corrected chi connectivity index (χ0v) is 17.5. The van der Waals surface area contributed by atoms with Gasteiger partial charge in [0.05, 0.1) is 12.7 Å². The third-order valence-electron chi connectivity index (χ3n) is 4.79. The normalized spacial score (nSPS) is 18.2. The molecule has 0 aliphatic carbocycles. The number of benzene rings is 1. The van der Waals surface area contributed by atoms with Gasteiger partial charge in [-0.1, -0.05) is 51.2 Å².